The molecule has 1 saturated heterocycles. The zero-order valence-corrected chi connectivity index (χ0v) is 20.6. The second kappa shape index (κ2) is 10.8. The second-order valence-corrected chi connectivity index (χ2v) is 9.98. The number of anilines is 1. The molecule has 3 aromatic rings. The Bertz CT molecular complexity index is 1130. The van der Waals surface area contributed by atoms with E-state index in [1.807, 2.05) is 43.3 Å². The Morgan fingerprint density at radius 2 is 2.03 bits per heavy atom. The highest BCUT2D eigenvalue weighted by atomic mass is 32.1. The highest BCUT2D eigenvalue weighted by molar-refractivity contribution is 7.17. The summed E-state index contributed by atoms with van der Waals surface area (Å²) in [5.41, 5.74) is 2.33. The molecule has 0 radical (unpaired) electrons. The molecular weight excluding hydrogens is 448 g/mol. The lowest BCUT2D eigenvalue weighted by molar-refractivity contribution is -0.121. The van der Waals surface area contributed by atoms with Gasteiger partial charge in [-0.05, 0) is 62.1 Å². The normalized spacial score (nSPS) is 15.9. The third-order valence-corrected chi connectivity index (χ3v) is 6.88. The molecule has 1 N–H and O–H groups in total. The average molecular weight is 479 g/mol. The number of carbonyl (C=O) groups excluding carboxylic acids is 2. The van der Waals surface area contributed by atoms with E-state index in [1.54, 1.807) is 17.3 Å². The van der Waals surface area contributed by atoms with Gasteiger partial charge in [0, 0.05) is 36.7 Å². The van der Waals surface area contributed by atoms with Gasteiger partial charge in [0.05, 0.1) is 18.2 Å². The maximum Gasteiger partial charge on any atom is 0.265 e. The molecule has 3 heterocycles. The van der Waals surface area contributed by atoms with Gasteiger partial charge in [0.25, 0.3) is 5.91 Å². The molecule has 1 fully saturated rings. The number of benzene rings is 1. The van der Waals surface area contributed by atoms with E-state index >= 15 is 0 Å². The first-order valence-corrected chi connectivity index (χ1v) is 12.4. The van der Waals surface area contributed by atoms with Crippen LogP contribution in [-0.4, -0.2) is 46.4 Å². The summed E-state index contributed by atoms with van der Waals surface area (Å²) in [6.07, 6.45) is 5.01. The van der Waals surface area contributed by atoms with Crippen LogP contribution in [0.1, 0.15) is 42.1 Å². The summed E-state index contributed by atoms with van der Waals surface area (Å²) in [5, 5.41) is 3.77. The van der Waals surface area contributed by atoms with Crippen molar-refractivity contribution in [1.82, 2.24) is 14.9 Å². The molecule has 1 aliphatic rings. The molecular formula is C26H30N4O3S. The summed E-state index contributed by atoms with van der Waals surface area (Å²) in [6, 6.07) is 11.2. The van der Waals surface area contributed by atoms with Crippen molar-refractivity contribution in [2.24, 2.45) is 11.8 Å². The van der Waals surface area contributed by atoms with Crippen LogP contribution in [0, 0.1) is 18.8 Å². The molecule has 0 aliphatic carbocycles. The van der Waals surface area contributed by atoms with E-state index in [-0.39, 0.29) is 17.7 Å². The van der Waals surface area contributed by atoms with Gasteiger partial charge in [0.15, 0.2) is 0 Å². The van der Waals surface area contributed by atoms with Gasteiger partial charge in [-0.2, -0.15) is 0 Å². The van der Waals surface area contributed by atoms with Crippen molar-refractivity contribution >= 4 is 28.8 Å². The van der Waals surface area contributed by atoms with Crippen LogP contribution in [0.5, 0.6) is 5.75 Å². The Hall–Kier alpha value is -3.26. The lowest BCUT2D eigenvalue weighted by Gasteiger charge is -2.31. The second-order valence-electron chi connectivity index (χ2n) is 8.98. The minimum Gasteiger partial charge on any atom is -0.493 e. The van der Waals surface area contributed by atoms with Crippen molar-refractivity contribution in [2.75, 3.05) is 25.0 Å². The topological polar surface area (TPSA) is 84.4 Å². The summed E-state index contributed by atoms with van der Waals surface area (Å²) in [5.74, 6) is 0.860. The number of hydrogen-bond donors (Lipinski definition) is 1. The molecule has 1 atom stereocenters. The number of amides is 2. The van der Waals surface area contributed by atoms with Crippen LogP contribution in [0.3, 0.4) is 0 Å². The number of likely N-dealkylation sites (tertiary alicyclic amines) is 1. The number of rotatable bonds is 7. The van der Waals surface area contributed by atoms with Gasteiger partial charge in [0.1, 0.15) is 15.6 Å². The van der Waals surface area contributed by atoms with Gasteiger partial charge in [0.2, 0.25) is 5.91 Å². The fraction of sp³-hybridized carbons (Fsp3) is 0.385. The van der Waals surface area contributed by atoms with Gasteiger partial charge in [-0.15, -0.1) is 11.3 Å². The van der Waals surface area contributed by atoms with Crippen LogP contribution < -0.4 is 10.1 Å². The molecule has 178 valence electrons. The molecule has 7 nitrogen and oxygen atoms in total. The summed E-state index contributed by atoms with van der Waals surface area (Å²) in [4.78, 5) is 37.3. The first-order valence-electron chi connectivity index (χ1n) is 11.6. The zero-order chi connectivity index (χ0) is 24.1. The van der Waals surface area contributed by atoms with Crippen LogP contribution in [0.15, 0.2) is 48.8 Å². The smallest absolute Gasteiger partial charge is 0.265 e. The van der Waals surface area contributed by atoms with E-state index in [9.17, 15) is 9.59 Å². The zero-order valence-electron chi connectivity index (χ0n) is 19.8. The predicted octanol–water partition coefficient (Wildman–Crippen LogP) is 5.04. The molecule has 1 aromatic carbocycles. The fourth-order valence-electron chi connectivity index (χ4n) is 3.87. The van der Waals surface area contributed by atoms with Crippen molar-refractivity contribution < 1.29 is 14.3 Å². The van der Waals surface area contributed by atoms with E-state index in [1.165, 1.54) is 11.3 Å². The van der Waals surface area contributed by atoms with Crippen LogP contribution in [0.4, 0.5) is 5.69 Å². The van der Waals surface area contributed by atoms with E-state index < -0.39 is 0 Å². The molecule has 4 rings (SSSR count). The number of nitrogens with one attached hydrogen (secondary N) is 1. The van der Waals surface area contributed by atoms with Crippen LogP contribution in [-0.2, 0) is 4.79 Å². The number of aromatic nitrogens is 2. The quantitative estimate of drug-likeness (QED) is 0.514. The van der Waals surface area contributed by atoms with Crippen molar-refractivity contribution in [1.29, 1.82) is 0 Å². The van der Waals surface area contributed by atoms with Gasteiger partial charge in [-0.1, -0.05) is 13.8 Å². The van der Waals surface area contributed by atoms with Gasteiger partial charge >= 0.3 is 0 Å². The van der Waals surface area contributed by atoms with Crippen molar-refractivity contribution in [3.63, 3.8) is 0 Å². The third-order valence-electron chi connectivity index (χ3n) is 5.68. The average Bonchev–Trinajstić information content (AvgIpc) is 3.25. The van der Waals surface area contributed by atoms with E-state index in [2.05, 4.69) is 29.1 Å². The summed E-state index contributed by atoms with van der Waals surface area (Å²) >= 11 is 1.38. The Morgan fingerprint density at radius 1 is 1.24 bits per heavy atom. The first kappa shape index (κ1) is 23.9. The Kier molecular flexibility index (Phi) is 7.57. The van der Waals surface area contributed by atoms with Gasteiger partial charge in [-0.25, -0.2) is 4.98 Å². The number of hydrogen-bond acceptors (Lipinski definition) is 6. The summed E-state index contributed by atoms with van der Waals surface area (Å²) < 4.78 is 5.70. The van der Waals surface area contributed by atoms with Gasteiger partial charge in [-0.3, -0.25) is 14.6 Å². The Morgan fingerprint density at radius 3 is 2.74 bits per heavy atom. The standard InChI is InChI=1S/C26H30N4O3S/c1-17(2)16-33-22-10-8-21(9-11-22)29-24(31)20-7-5-13-30(15-20)26(32)23-18(3)28-25(34-23)19-6-4-12-27-14-19/h4,6,8-12,14,17,20H,5,7,13,15-16H2,1-3H3,(H,29,31). The molecule has 1 aliphatic heterocycles. The molecule has 2 aromatic heterocycles. The summed E-state index contributed by atoms with van der Waals surface area (Å²) in [7, 11) is 0. The highest BCUT2D eigenvalue weighted by Gasteiger charge is 2.30. The Balaban J connectivity index is 1.38. The Labute approximate surface area is 204 Å². The first-order chi connectivity index (χ1) is 16.4. The lowest BCUT2D eigenvalue weighted by Crippen LogP contribution is -2.43. The SMILES string of the molecule is Cc1nc(-c2cccnc2)sc1C(=O)N1CCCC(C(=O)Nc2ccc(OCC(C)C)cc2)C1. The number of nitrogens with zero attached hydrogens (tertiary/aromatic N) is 3. The molecule has 0 saturated carbocycles. The van der Waals surface area contributed by atoms with E-state index in [4.69, 9.17) is 4.74 Å². The highest BCUT2D eigenvalue weighted by Crippen LogP contribution is 2.30. The van der Waals surface area contributed by atoms with Crippen molar-refractivity contribution in [3.05, 3.63) is 59.4 Å². The maximum atomic E-state index is 13.3. The van der Waals surface area contributed by atoms with Crippen LogP contribution >= 0.6 is 11.3 Å². The van der Waals surface area contributed by atoms with Crippen molar-refractivity contribution in [2.45, 2.75) is 33.6 Å². The van der Waals surface area contributed by atoms with E-state index in [0.29, 0.717) is 36.2 Å². The minimum atomic E-state index is -0.249. The monoisotopic (exact) mass is 478 g/mol. The molecule has 1 unspecified atom stereocenters. The van der Waals surface area contributed by atoms with Crippen molar-refractivity contribution in [3.8, 4) is 16.3 Å². The lowest BCUT2D eigenvalue weighted by atomic mass is 9.96. The third kappa shape index (κ3) is 5.80. The largest absolute Gasteiger partial charge is 0.493 e. The predicted molar refractivity (Wildman–Crippen MR) is 134 cm³/mol. The maximum absolute atomic E-state index is 13.3. The van der Waals surface area contributed by atoms with E-state index in [0.717, 1.165) is 34.8 Å². The number of aryl methyl sites for hydroxylation is 1. The molecule has 34 heavy (non-hydrogen) atoms. The molecule has 0 bridgehead atoms. The number of pyridine rings is 1. The number of carbonyl (C=O) groups is 2. The number of thiazole rings is 1. The number of piperidine rings is 1. The van der Waals surface area contributed by atoms with Crippen LogP contribution in [0.2, 0.25) is 0 Å². The minimum absolute atomic E-state index is 0.0608. The molecule has 2 amide bonds. The number of ether oxygens (including phenoxy) is 1. The molecule has 0 spiro atoms. The fourth-order valence-corrected chi connectivity index (χ4v) is 4.89. The summed E-state index contributed by atoms with van der Waals surface area (Å²) in [6.45, 7) is 7.75. The van der Waals surface area contributed by atoms with Gasteiger partial charge < -0.3 is 15.0 Å². The van der Waals surface area contributed by atoms with Crippen LogP contribution in [0.25, 0.3) is 10.6 Å². The molecule has 8 heteroatoms.